The minimum absolute atomic E-state index is 0.202. The molecule has 2 N–H and O–H groups in total. The van der Waals surface area contributed by atoms with Gasteiger partial charge in [-0.15, -0.1) is 0 Å². The Morgan fingerprint density at radius 1 is 1.30 bits per heavy atom. The van der Waals surface area contributed by atoms with Gasteiger partial charge in [0.25, 0.3) is 0 Å². The van der Waals surface area contributed by atoms with E-state index in [0.29, 0.717) is 15.2 Å². The second-order valence-corrected chi connectivity index (χ2v) is 5.34. The number of carbonyl (C=O) groups excluding carboxylic acids is 1. The van der Waals surface area contributed by atoms with Crippen molar-refractivity contribution in [3.05, 3.63) is 62.8 Å². The molecule has 6 heteroatoms. The molecule has 20 heavy (non-hydrogen) atoms. The smallest absolute Gasteiger partial charge is 0.339 e. The van der Waals surface area contributed by atoms with Crippen LogP contribution in [0.15, 0.2) is 40.9 Å². The summed E-state index contributed by atoms with van der Waals surface area (Å²) < 4.78 is 19.1. The van der Waals surface area contributed by atoms with E-state index in [9.17, 15) is 9.18 Å². The summed E-state index contributed by atoms with van der Waals surface area (Å²) in [5.74, 6) is -1.07. The molecule has 104 valence electrons. The maximum absolute atomic E-state index is 13.5. The van der Waals surface area contributed by atoms with Crippen LogP contribution in [0.25, 0.3) is 0 Å². The van der Waals surface area contributed by atoms with Gasteiger partial charge < -0.3 is 10.5 Å². The molecule has 0 saturated heterocycles. The third-order valence-electron chi connectivity index (χ3n) is 2.58. The van der Waals surface area contributed by atoms with E-state index in [1.165, 1.54) is 24.3 Å². The van der Waals surface area contributed by atoms with Gasteiger partial charge in [0.05, 0.1) is 5.56 Å². The second kappa shape index (κ2) is 6.24. The molecule has 0 spiro atoms. The van der Waals surface area contributed by atoms with E-state index in [0.717, 1.165) is 0 Å². The summed E-state index contributed by atoms with van der Waals surface area (Å²) in [6.07, 6.45) is 0. The van der Waals surface area contributed by atoms with Crippen LogP contribution in [-0.2, 0) is 11.3 Å². The van der Waals surface area contributed by atoms with Crippen molar-refractivity contribution in [1.82, 2.24) is 0 Å². The number of anilines is 1. The third kappa shape index (κ3) is 3.49. The molecular formula is C14H10BrClFNO2. The summed E-state index contributed by atoms with van der Waals surface area (Å²) in [6, 6.07) is 8.85. The van der Waals surface area contributed by atoms with E-state index < -0.39 is 11.8 Å². The van der Waals surface area contributed by atoms with E-state index in [2.05, 4.69) is 15.9 Å². The van der Waals surface area contributed by atoms with E-state index >= 15 is 0 Å². The van der Waals surface area contributed by atoms with Crippen molar-refractivity contribution in [1.29, 1.82) is 0 Å². The highest BCUT2D eigenvalue weighted by Gasteiger charge is 2.13. The van der Waals surface area contributed by atoms with Crippen LogP contribution in [-0.4, -0.2) is 5.97 Å². The van der Waals surface area contributed by atoms with Gasteiger partial charge in [0.15, 0.2) is 0 Å². The van der Waals surface area contributed by atoms with Crippen molar-refractivity contribution < 1.29 is 13.9 Å². The fourth-order valence-electron chi connectivity index (χ4n) is 1.57. The van der Waals surface area contributed by atoms with Gasteiger partial charge in [-0.05, 0) is 52.3 Å². The van der Waals surface area contributed by atoms with Gasteiger partial charge in [-0.3, -0.25) is 0 Å². The molecule has 0 fully saturated rings. The molecule has 0 saturated carbocycles. The van der Waals surface area contributed by atoms with Crippen molar-refractivity contribution in [2.45, 2.75) is 6.61 Å². The monoisotopic (exact) mass is 357 g/mol. The Kier molecular flexibility index (Phi) is 4.62. The Hall–Kier alpha value is -1.59. The predicted molar refractivity (Wildman–Crippen MR) is 79.1 cm³/mol. The Bertz CT molecular complexity index is 664. The van der Waals surface area contributed by atoms with Gasteiger partial charge in [-0.25, -0.2) is 9.18 Å². The van der Waals surface area contributed by atoms with Crippen LogP contribution in [0.4, 0.5) is 10.1 Å². The molecule has 0 unspecified atom stereocenters. The molecule has 0 radical (unpaired) electrons. The van der Waals surface area contributed by atoms with Gasteiger partial charge in [0.2, 0.25) is 0 Å². The van der Waals surface area contributed by atoms with Crippen molar-refractivity contribution >= 4 is 39.2 Å². The van der Waals surface area contributed by atoms with Crippen LogP contribution in [0, 0.1) is 5.82 Å². The van der Waals surface area contributed by atoms with E-state index in [1.807, 2.05) is 0 Å². The second-order valence-electron chi connectivity index (χ2n) is 4.05. The molecule has 3 nitrogen and oxygen atoms in total. The van der Waals surface area contributed by atoms with Gasteiger partial charge in [0.1, 0.15) is 12.4 Å². The lowest BCUT2D eigenvalue weighted by atomic mass is 10.2. The Morgan fingerprint density at radius 3 is 2.80 bits per heavy atom. The molecule has 2 aromatic carbocycles. The Morgan fingerprint density at radius 2 is 2.05 bits per heavy atom. The topological polar surface area (TPSA) is 52.3 Å². The van der Waals surface area contributed by atoms with E-state index in [4.69, 9.17) is 22.1 Å². The first kappa shape index (κ1) is 14.8. The van der Waals surface area contributed by atoms with E-state index in [-0.39, 0.29) is 17.7 Å². The number of carbonyl (C=O) groups is 1. The van der Waals surface area contributed by atoms with Crippen LogP contribution in [0.2, 0.25) is 5.02 Å². The van der Waals surface area contributed by atoms with Crippen molar-refractivity contribution in [3.63, 3.8) is 0 Å². The number of rotatable bonds is 3. The molecule has 2 rings (SSSR count). The molecule has 0 atom stereocenters. The fourth-order valence-corrected chi connectivity index (χ4v) is 2.18. The third-order valence-corrected chi connectivity index (χ3v) is 3.50. The average Bonchev–Trinajstić information content (AvgIpc) is 2.42. The lowest BCUT2D eigenvalue weighted by Gasteiger charge is -2.08. The van der Waals surface area contributed by atoms with Crippen LogP contribution < -0.4 is 5.73 Å². The minimum Gasteiger partial charge on any atom is -0.457 e. The molecular weight excluding hydrogens is 349 g/mol. The van der Waals surface area contributed by atoms with Gasteiger partial charge in [-0.2, -0.15) is 0 Å². The molecule has 0 amide bonds. The zero-order valence-electron chi connectivity index (χ0n) is 10.2. The predicted octanol–water partition coefficient (Wildman–Crippen LogP) is 4.18. The lowest BCUT2D eigenvalue weighted by molar-refractivity contribution is 0.0468. The number of halogens is 3. The van der Waals surface area contributed by atoms with Crippen LogP contribution in [0.3, 0.4) is 0 Å². The maximum Gasteiger partial charge on any atom is 0.339 e. The molecule has 0 aliphatic carbocycles. The number of nitrogens with two attached hydrogens (primary N) is 1. The number of hydrogen-bond acceptors (Lipinski definition) is 3. The molecule has 2 aromatic rings. The first-order valence-corrected chi connectivity index (χ1v) is 6.80. The first-order valence-electron chi connectivity index (χ1n) is 5.63. The van der Waals surface area contributed by atoms with Crippen LogP contribution in [0.5, 0.6) is 0 Å². The highest BCUT2D eigenvalue weighted by atomic mass is 79.9. The standard InChI is InChI=1S/C14H10BrClFNO2/c15-12-3-2-10(18)6-11(12)14(19)20-7-8-5-9(16)1-4-13(8)17/h1-6H,7,18H2. The minimum atomic E-state index is -0.594. The first-order chi connectivity index (χ1) is 9.47. The average molecular weight is 359 g/mol. The molecule has 0 aromatic heterocycles. The Labute approximate surface area is 128 Å². The lowest BCUT2D eigenvalue weighted by Crippen LogP contribution is -2.07. The van der Waals surface area contributed by atoms with Crippen molar-refractivity contribution in [3.8, 4) is 0 Å². The van der Waals surface area contributed by atoms with Crippen LogP contribution in [0.1, 0.15) is 15.9 Å². The highest BCUT2D eigenvalue weighted by molar-refractivity contribution is 9.10. The number of hydrogen-bond donors (Lipinski definition) is 1. The van der Waals surface area contributed by atoms with Crippen LogP contribution >= 0.6 is 27.5 Å². The SMILES string of the molecule is Nc1ccc(Br)c(C(=O)OCc2cc(Cl)ccc2F)c1. The number of nitrogen functional groups attached to an aromatic ring is 1. The Balaban J connectivity index is 2.12. The molecule has 0 bridgehead atoms. The summed E-state index contributed by atoms with van der Waals surface area (Å²) in [5, 5.41) is 0.377. The van der Waals surface area contributed by atoms with Gasteiger partial charge in [-0.1, -0.05) is 11.6 Å². The maximum atomic E-state index is 13.5. The van der Waals surface area contributed by atoms with Crippen molar-refractivity contribution in [2.75, 3.05) is 5.73 Å². The number of ether oxygens (including phenoxy) is 1. The summed E-state index contributed by atoms with van der Waals surface area (Å²) in [7, 11) is 0. The van der Waals surface area contributed by atoms with Gasteiger partial charge >= 0.3 is 5.97 Å². The normalized spacial score (nSPS) is 10.3. The summed E-state index contributed by atoms with van der Waals surface area (Å²) in [6.45, 7) is -0.202. The zero-order valence-corrected chi connectivity index (χ0v) is 12.5. The highest BCUT2D eigenvalue weighted by Crippen LogP contribution is 2.22. The summed E-state index contributed by atoms with van der Waals surface area (Å²) in [5.41, 5.74) is 6.55. The quantitative estimate of drug-likeness (QED) is 0.661. The zero-order chi connectivity index (χ0) is 14.7. The van der Waals surface area contributed by atoms with Gasteiger partial charge in [0, 0.05) is 20.7 Å². The number of benzene rings is 2. The molecule has 0 heterocycles. The van der Waals surface area contributed by atoms with E-state index in [1.54, 1.807) is 12.1 Å². The van der Waals surface area contributed by atoms with Crippen molar-refractivity contribution in [2.24, 2.45) is 0 Å². The molecule has 0 aliphatic rings. The summed E-state index contributed by atoms with van der Waals surface area (Å²) in [4.78, 5) is 11.9. The summed E-state index contributed by atoms with van der Waals surface area (Å²) >= 11 is 9.00. The molecule has 0 aliphatic heterocycles. The fraction of sp³-hybridized carbons (Fsp3) is 0.0714. The number of esters is 1. The largest absolute Gasteiger partial charge is 0.457 e.